The molecular weight excluding hydrogens is 220 g/mol. The molecule has 102 valence electrons. The Kier molecular flexibility index (Phi) is 4.47. The van der Waals surface area contributed by atoms with E-state index in [0.717, 1.165) is 24.0 Å². The lowest BCUT2D eigenvalue weighted by Crippen LogP contribution is -2.12. The number of phenolic OH excluding ortho intramolecular Hbond substituents is 1. The van der Waals surface area contributed by atoms with Gasteiger partial charge < -0.3 is 5.11 Å². The summed E-state index contributed by atoms with van der Waals surface area (Å²) in [6, 6.07) is 0. The van der Waals surface area contributed by atoms with Gasteiger partial charge in [-0.2, -0.15) is 0 Å². The van der Waals surface area contributed by atoms with Crippen molar-refractivity contribution in [2.45, 2.75) is 67.7 Å². The number of phenols is 1. The lowest BCUT2D eigenvalue weighted by atomic mass is 9.82. The van der Waals surface area contributed by atoms with E-state index in [9.17, 15) is 5.11 Å². The molecule has 0 spiro atoms. The average Bonchev–Trinajstić information content (AvgIpc) is 2.34. The highest BCUT2D eigenvalue weighted by atomic mass is 16.3. The van der Waals surface area contributed by atoms with Crippen LogP contribution >= 0.6 is 0 Å². The maximum atomic E-state index is 10.4. The molecule has 0 amide bonds. The highest BCUT2D eigenvalue weighted by Gasteiger charge is 2.19. The van der Waals surface area contributed by atoms with Gasteiger partial charge in [0.15, 0.2) is 0 Å². The molecule has 0 heterocycles. The van der Waals surface area contributed by atoms with E-state index in [1.807, 2.05) is 6.92 Å². The number of hydrogen-bond acceptors (Lipinski definition) is 1. The van der Waals surface area contributed by atoms with Gasteiger partial charge in [0.25, 0.3) is 0 Å². The van der Waals surface area contributed by atoms with E-state index in [1.165, 1.54) is 23.1 Å². The van der Waals surface area contributed by atoms with Gasteiger partial charge in [-0.3, -0.25) is 0 Å². The number of rotatable bonds is 4. The van der Waals surface area contributed by atoms with Gasteiger partial charge in [-0.25, -0.2) is 0 Å². The van der Waals surface area contributed by atoms with E-state index < -0.39 is 0 Å². The van der Waals surface area contributed by atoms with Gasteiger partial charge in [0.1, 0.15) is 5.75 Å². The van der Waals surface area contributed by atoms with E-state index >= 15 is 0 Å². The summed E-state index contributed by atoms with van der Waals surface area (Å²) in [5.41, 5.74) is 6.37. The van der Waals surface area contributed by atoms with Gasteiger partial charge in [-0.1, -0.05) is 27.2 Å². The molecule has 0 saturated heterocycles. The third kappa shape index (κ3) is 2.88. The molecule has 0 aromatic heterocycles. The van der Waals surface area contributed by atoms with Crippen LogP contribution in [0.1, 0.15) is 61.4 Å². The lowest BCUT2D eigenvalue weighted by Gasteiger charge is -2.24. The van der Waals surface area contributed by atoms with Crippen molar-refractivity contribution in [3.05, 3.63) is 27.8 Å². The Morgan fingerprint density at radius 2 is 1.39 bits per heavy atom. The Labute approximate surface area is 112 Å². The molecule has 0 unspecified atom stereocenters. The summed E-state index contributed by atoms with van der Waals surface area (Å²) in [5.74, 6) is 0.516. The van der Waals surface area contributed by atoms with Crippen molar-refractivity contribution in [2.24, 2.45) is 5.41 Å². The second-order valence-corrected chi connectivity index (χ2v) is 6.34. The zero-order valence-electron chi connectivity index (χ0n) is 13.1. The zero-order chi connectivity index (χ0) is 14.1. The Morgan fingerprint density at radius 3 is 1.89 bits per heavy atom. The molecule has 0 saturated carbocycles. The second-order valence-electron chi connectivity index (χ2n) is 6.34. The van der Waals surface area contributed by atoms with E-state index in [0.29, 0.717) is 11.2 Å². The van der Waals surface area contributed by atoms with Crippen molar-refractivity contribution >= 4 is 0 Å². The molecule has 0 atom stereocenters. The summed E-state index contributed by atoms with van der Waals surface area (Å²) >= 11 is 0. The summed E-state index contributed by atoms with van der Waals surface area (Å²) in [6.07, 6.45) is 3.27. The first kappa shape index (κ1) is 15.1. The topological polar surface area (TPSA) is 20.2 Å². The van der Waals surface area contributed by atoms with Gasteiger partial charge in [0.2, 0.25) is 0 Å². The quantitative estimate of drug-likeness (QED) is 0.795. The molecule has 0 fully saturated rings. The van der Waals surface area contributed by atoms with Gasteiger partial charge >= 0.3 is 0 Å². The van der Waals surface area contributed by atoms with Crippen molar-refractivity contribution in [1.82, 2.24) is 0 Å². The maximum Gasteiger partial charge on any atom is 0.122 e. The van der Waals surface area contributed by atoms with Crippen molar-refractivity contribution in [1.29, 1.82) is 0 Å². The minimum absolute atomic E-state index is 0.353. The standard InChI is InChI=1S/C17H28O/c1-8-17(6,7)10-9-15-13(4)11(2)12(3)14(5)16(15)18/h18H,8-10H2,1-7H3. The van der Waals surface area contributed by atoms with E-state index in [1.54, 1.807) is 0 Å². The smallest absolute Gasteiger partial charge is 0.122 e. The summed E-state index contributed by atoms with van der Waals surface area (Å²) < 4.78 is 0. The van der Waals surface area contributed by atoms with Crippen LogP contribution in [0.25, 0.3) is 0 Å². The summed E-state index contributed by atoms with van der Waals surface area (Å²) in [7, 11) is 0. The zero-order valence-corrected chi connectivity index (χ0v) is 13.1. The van der Waals surface area contributed by atoms with Crippen LogP contribution < -0.4 is 0 Å². The number of hydrogen-bond donors (Lipinski definition) is 1. The average molecular weight is 248 g/mol. The molecule has 0 aliphatic heterocycles. The predicted octanol–water partition coefficient (Wildman–Crippen LogP) is 4.99. The third-order valence-electron chi connectivity index (χ3n) is 4.79. The lowest BCUT2D eigenvalue weighted by molar-refractivity contribution is 0.320. The summed E-state index contributed by atoms with van der Waals surface area (Å²) in [4.78, 5) is 0. The van der Waals surface area contributed by atoms with Gasteiger partial charge in [0, 0.05) is 0 Å². The SMILES string of the molecule is CCC(C)(C)CCc1c(C)c(C)c(C)c(C)c1O. The second kappa shape index (κ2) is 5.34. The van der Waals surface area contributed by atoms with Crippen LogP contribution in [0.15, 0.2) is 0 Å². The fourth-order valence-electron chi connectivity index (χ4n) is 2.32. The molecule has 1 aromatic carbocycles. The van der Waals surface area contributed by atoms with Crippen molar-refractivity contribution in [2.75, 3.05) is 0 Å². The van der Waals surface area contributed by atoms with Crippen LogP contribution in [0.5, 0.6) is 5.75 Å². The fourth-order valence-corrected chi connectivity index (χ4v) is 2.32. The minimum atomic E-state index is 0.353. The molecular formula is C17H28O. The van der Waals surface area contributed by atoms with Gasteiger partial charge in [0.05, 0.1) is 0 Å². The Morgan fingerprint density at radius 1 is 0.889 bits per heavy atom. The fraction of sp³-hybridized carbons (Fsp3) is 0.647. The molecule has 1 rings (SSSR count). The highest BCUT2D eigenvalue weighted by Crippen LogP contribution is 2.35. The van der Waals surface area contributed by atoms with Crippen LogP contribution in [0.2, 0.25) is 0 Å². The molecule has 1 nitrogen and oxygen atoms in total. The highest BCUT2D eigenvalue weighted by molar-refractivity contribution is 5.53. The van der Waals surface area contributed by atoms with Crippen LogP contribution in [0, 0.1) is 33.1 Å². The summed E-state index contributed by atoms with van der Waals surface area (Å²) in [6.45, 7) is 15.2. The molecule has 1 heteroatoms. The number of aromatic hydroxyl groups is 1. The molecule has 1 N–H and O–H groups in total. The van der Waals surface area contributed by atoms with Crippen LogP contribution in [-0.2, 0) is 6.42 Å². The molecule has 0 radical (unpaired) electrons. The van der Waals surface area contributed by atoms with E-state index in [4.69, 9.17) is 0 Å². The minimum Gasteiger partial charge on any atom is -0.507 e. The molecule has 18 heavy (non-hydrogen) atoms. The Hall–Kier alpha value is -0.980. The third-order valence-corrected chi connectivity index (χ3v) is 4.79. The Bertz CT molecular complexity index is 412. The monoisotopic (exact) mass is 248 g/mol. The van der Waals surface area contributed by atoms with Gasteiger partial charge in [-0.05, 0) is 73.8 Å². The molecule has 1 aromatic rings. The van der Waals surface area contributed by atoms with Crippen molar-refractivity contribution < 1.29 is 5.11 Å². The predicted molar refractivity (Wildman–Crippen MR) is 79.4 cm³/mol. The molecule has 0 aliphatic rings. The maximum absolute atomic E-state index is 10.4. The van der Waals surface area contributed by atoms with Crippen LogP contribution in [0.3, 0.4) is 0 Å². The number of benzene rings is 1. The first-order valence-electron chi connectivity index (χ1n) is 6.99. The van der Waals surface area contributed by atoms with Crippen molar-refractivity contribution in [3.63, 3.8) is 0 Å². The first-order valence-corrected chi connectivity index (χ1v) is 6.99. The van der Waals surface area contributed by atoms with Gasteiger partial charge in [-0.15, -0.1) is 0 Å². The Balaban J connectivity index is 3.11. The van der Waals surface area contributed by atoms with E-state index in [2.05, 4.69) is 41.5 Å². The first-order chi connectivity index (χ1) is 8.21. The van der Waals surface area contributed by atoms with Crippen LogP contribution in [-0.4, -0.2) is 5.11 Å². The van der Waals surface area contributed by atoms with Crippen LogP contribution in [0.4, 0.5) is 0 Å². The molecule has 0 bridgehead atoms. The summed E-state index contributed by atoms with van der Waals surface area (Å²) in [5, 5.41) is 10.4. The largest absolute Gasteiger partial charge is 0.507 e. The molecule has 0 aliphatic carbocycles. The normalized spacial score (nSPS) is 11.9. The van der Waals surface area contributed by atoms with Crippen molar-refractivity contribution in [3.8, 4) is 5.75 Å². The van der Waals surface area contributed by atoms with E-state index in [-0.39, 0.29) is 0 Å².